The van der Waals surface area contributed by atoms with Gasteiger partial charge in [-0.15, -0.1) is 0 Å². The van der Waals surface area contributed by atoms with Crippen molar-refractivity contribution in [3.8, 4) is 0 Å². The average Bonchev–Trinajstić information content (AvgIpc) is 2.95. The second-order valence-corrected chi connectivity index (χ2v) is 5.66. The zero-order valence-corrected chi connectivity index (χ0v) is 11.4. The zero-order chi connectivity index (χ0) is 12.1. The number of rotatable bonds is 6. The van der Waals surface area contributed by atoms with Gasteiger partial charge in [0.15, 0.2) is 5.82 Å². The Hall–Kier alpha value is -0.550. The number of nitrogens with one attached hydrogen (secondary N) is 1. The lowest BCUT2D eigenvalue weighted by Crippen LogP contribution is -2.31. The van der Waals surface area contributed by atoms with E-state index in [0.717, 1.165) is 29.8 Å². The first-order valence-electron chi connectivity index (χ1n) is 6.48. The molecule has 5 heteroatoms. The molecule has 1 N–H and O–H groups in total. The van der Waals surface area contributed by atoms with Gasteiger partial charge in [-0.3, -0.25) is 0 Å². The molecule has 2 rings (SSSR count). The van der Waals surface area contributed by atoms with E-state index in [2.05, 4.69) is 29.3 Å². The van der Waals surface area contributed by atoms with Gasteiger partial charge >= 0.3 is 0 Å². The minimum absolute atomic E-state index is 0.419. The van der Waals surface area contributed by atoms with Gasteiger partial charge in [0, 0.05) is 6.04 Å². The molecule has 17 heavy (non-hydrogen) atoms. The van der Waals surface area contributed by atoms with Gasteiger partial charge in [0.2, 0.25) is 5.89 Å². The number of likely N-dealkylation sites (N-methyl/N-ethyl adjacent to an activating group) is 1. The summed E-state index contributed by atoms with van der Waals surface area (Å²) in [5.74, 6) is 4.04. The first-order chi connectivity index (χ1) is 8.35. The van der Waals surface area contributed by atoms with E-state index < -0.39 is 0 Å². The molecule has 0 aromatic carbocycles. The molecule has 1 fully saturated rings. The predicted molar refractivity (Wildman–Crippen MR) is 70.2 cm³/mol. The van der Waals surface area contributed by atoms with E-state index in [1.807, 2.05) is 11.8 Å². The maximum absolute atomic E-state index is 5.41. The van der Waals surface area contributed by atoms with Crippen molar-refractivity contribution in [3.63, 3.8) is 0 Å². The van der Waals surface area contributed by atoms with E-state index in [1.165, 1.54) is 19.3 Å². The molecule has 0 spiro atoms. The van der Waals surface area contributed by atoms with Gasteiger partial charge in [-0.25, -0.2) is 0 Å². The number of hydrogen-bond donors (Lipinski definition) is 1. The topological polar surface area (TPSA) is 51.0 Å². The van der Waals surface area contributed by atoms with Crippen LogP contribution in [0.2, 0.25) is 0 Å². The molecular formula is C12H21N3OS. The minimum Gasteiger partial charge on any atom is -0.339 e. The summed E-state index contributed by atoms with van der Waals surface area (Å²) in [6.07, 6.45) is 3.64. The lowest BCUT2D eigenvalue weighted by atomic mass is 10.0. The van der Waals surface area contributed by atoms with Crippen molar-refractivity contribution in [2.75, 3.05) is 12.3 Å². The zero-order valence-electron chi connectivity index (χ0n) is 10.6. The molecule has 1 aromatic rings. The van der Waals surface area contributed by atoms with Gasteiger partial charge in [-0.2, -0.15) is 16.7 Å². The molecular weight excluding hydrogens is 234 g/mol. The lowest BCUT2D eigenvalue weighted by molar-refractivity contribution is 0.329. The first-order valence-corrected chi connectivity index (χ1v) is 7.64. The normalized spacial score (nSPS) is 24.4. The highest BCUT2D eigenvalue weighted by atomic mass is 32.2. The maximum atomic E-state index is 5.41. The first kappa shape index (κ1) is 12.9. The smallest absolute Gasteiger partial charge is 0.231 e. The molecule has 1 aromatic heterocycles. The molecule has 0 saturated heterocycles. The Kier molecular flexibility index (Phi) is 4.86. The fourth-order valence-electron chi connectivity index (χ4n) is 2.43. The van der Waals surface area contributed by atoms with Crippen LogP contribution in [0.5, 0.6) is 0 Å². The van der Waals surface area contributed by atoms with Crippen LogP contribution in [0.15, 0.2) is 4.52 Å². The third-order valence-electron chi connectivity index (χ3n) is 3.22. The molecule has 0 radical (unpaired) electrons. The average molecular weight is 255 g/mol. The SMILES string of the molecule is CCNC1CCCC1c1nc(CSCC)no1. The molecule has 96 valence electrons. The molecule has 1 aliphatic rings. The summed E-state index contributed by atoms with van der Waals surface area (Å²) in [5, 5.41) is 7.57. The van der Waals surface area contributed by atoms with E-state index in [0.29, 0.717) is 12.0 Å². The van der Waals surface area contributed by atoms with Crippen LogP contribution in [0.3, 0.4) is 0 Å². The minimum atomic E-state index is 0.419. The Morgan fingerprint density at radius 2 is 2.29 bits per heavy atom. The fourth-order valence-corrected chi connectivity index (χ4v) is 2.94. The third-order valence-corrected chi connectivity index (χ3v) is 4.09. The second kappa shape index (κ2) is 6.40. The molecule has 0 bridgehead atoms. The van der Waals surface area contributed by atoms with Gasteiger partial charge in [0.05, 0.1) is 11.7 Å². The standard InChI is InChI=1S/C12H21N3OS/c1-3-13-10-7-5-6-9(10)12-14-11(15-16-12)8-17-4-2/h9-10,13H,3-8H2,1-2H3. The van der Waals surface area contributed by atoms with Crippen molar-refractivity contribution in [1.82, 2.24) is 15.5 Å². The number of aromatic nitrogens is 2. The van der Waals surface area contributed by atoms with Gasteiger partial charge < -0.3 is 9.84 Å². The Balaban J connectivity index is 1.98. The number of hydrogen-bond acceptors (Lipinski definition) is 5. The van der Waals surface area contributed by atoms with Gasteiger partial charge in [-0.1, -0.05) is 25.4 Å². The van der Waals surface area contributed by atoms with E-state index in [-0.39, 0.29) is 0 Å². The molecule has 4 nitrogen and oxygen atoms in total. The van der Waals surface area contributed by atoms with Crippen molar-refractivity contribution in [1.29, 1.82) is 0 Å². The van der Waals surface area contributed by atoms with Crippen LogP contribution < -0.4 is 5.32 Å². The summed E-state index contributed by atoms with van der Waals surface area (Å²) in [6, 6.07) is 0.520. The molecule has 2 atom stereocenters. The summed E-state index contributed by atoms with van der Waals surface area (Å²) in [7, 11) is 0. The van der Waals surface area contributed by atoms with E-state index in [1.54, 1.807) is 0 Å². The highest BCUT2D eigenvalue weighted by Gasteiger charge is 2.32. The molecule has 2 unspecified atom stereocenters. The van der Waals surface area contributed by atoms with Gasteiger partial charge in [0.1, 0.15) is 0 Å². The molecule has 0 amide bonds. The molecule has 1 aliphatic carbocycles. The largest absolute Gasteiger partial charge is 0.339 e. The number of nitrogens with zero attached hydrogens (tertiary/aromatic N) is 2. The summed E-state index contributed by atoms with van der Waals surface area (Å²) in [5.41, 5.74) is 0. The van der Waals surface area contributed by atoms with Gasteiger partial charge in [-0.05, 0) is 25.1 Å². The second-order valence-electron chi connectivity index (χ2n) is 4.39. The van der Waals surface area contributed by atoms with Crippen LogP contribution in [-0.2, 0) is 5.75 Å². The van der Waals surface area contributed by atoms with Crippen molar-refractivity contribution >= 4 is 11.8 Å². The fraction of sp³-hybridized carbons (Fsp3) is 0.833. The highest BCUT2D eigenvalue weighted by Crippen LogP contribution is 2.33. The van der Waals surface area contributed by atoms with E-state index >= 15 is 0 Å². The molecule has 0 aliphatic heterocycles. The Bertz CT molecular complexity index is 342. The van der Waals surface area contributed by atoms with Crippen LogP contribution in [0.25, 0.3) is 0 Å². The summed E-state index contributed by atoms with van der Waals surface area (Å²) in [4.78, 5) is 4.52. The van der Waals surface area contributed by atoms with Crippen LogP contribution in [-0.4, -0.2) is 28.5 Å². The van der Waals surface area contributed by atoms with Crippen molar-refractivity contribution < 1.29 is 4.52 Å². The maximum Gasteiger partial charge on any atom is 0.231 e. The summed E-state index contributed by atoms with van der Waals surface area (Å²) < 4.78 is 5.41. The van der Waals surface area contributed by atoms with Crippen LogP contribution >= 0.6 is 11.8 Å². The molecule has 1 saturated carbocycles. The number of thioether (sulfide) groups is 1. The quantitative estimate of drug-likeness (QED) is 0.846. The monoisotopic (exact) mass is 255 g/mol. The molecule has 1 heterocycles. The third kappa shape index (κ3) is 3.22. The van der Waals surface area contributed by atoms with Gasteiger partial charge in [0.25, 0.3) is 0 Å². The van der Waals surface area contributed by atoms with E-state index in [9.17, 15) is 0 Å². The van der Waals surface area contributed by atoms with E-state index in [4.69, 9.17) is 4.52 Å². The van der Waals surface area contributed by atoms with Crippen LogP contribution in [0, 0.1) is 0 Å². The summed E-state index contributed by atoms with van der Waals surface area (Å²) >= 11 is 1.83. The van der Waals surface area contributed by atoms with Crippen molar-refractivity contribution in [3.05, 3.63) is 11.7 Å². The Labute approximate surface area is 107 Å². The highest BCUT2D eigenvalue weighted by molar-refractivity contribution is 7.98. The van der Waals surface area contributed by atoms with Crippen LogP contribution in [0.1, 0.15) is 50.7 Å². The summed E-state index contributed by atoms with van der Waals surface area (Å²) in [6.45, 7) is 5.30. The van der Waals surface area contributed by atoms with Crippen LogP contribution in [0.4, 0.5) is 0 Å². The van der Waals surface area contributed by atoms with Crippen molar-refractivity contribution in [2.24, 2.45) is 0 Å². The lowest BCUT2D eigenvalue weighted by Gasteiger charge is -2.16. The predicted octanol–water partition coefficient (Wildman–Crippen LogP) is 2.57. The Morgan fingerprint density at radius 1 is 1.41 bits per heavy atom. The Morgan fingerprint density at radius 3 is 3.06 bits per heavy atom. The van der Waals surface area contributed by atoms with Crippen molar-refractivity contribution in [2.45, 2.75) is 50.8 Å².